The van der Waals surface area contributed by atoms with Crippen molar-refractivity contribution in [1.29, 1.82) is 0 Å². The lowest BCUT2D eigenvalue weighted by Gasteiger charge is -2.26. The number of amides is 2. The zero-order chi connectivity index (χ0) is 25.8. The SMILES string of the molecule is O=C(O)c1ccc(NC(=O)c2c(NC(=O)c3cccc(CN4CCOCC4)c3)sc3c2CCCC3)cc1. The number of ether oxygens (including phenoxy) is 1. The van der Waals surface area contributed by atoms with Gasteiger partial charge in [0.1, 0.15) is 5.00 Å². The standard InChI is InChI=1S/C28H29N3O5S/c32-25(20-5-3-4-18(16-20)17-31-12-14-36-15-13-31)30-27-24(22-6-1-2-7-23(22)37-27)26(33)29-21-10-8-19(9-11-21)28(34)35/h3-5,8-11,16H,1-2,6-7,12-15,17H2,(H,29,33)(H,30,32)(H,34,35). The molecule has 9 heteroatoms. The maximum atomic E-state index is 13.4. The van der Waals surface area contributed by atoms with Crippen LogP contribution in [0.4, 0.5) is 10.7 Å². The highest BCUT2D eigenvalue weighted by Crippen LogP contribution is 2.39. The number of nitrogens with one attached hydrogen (secondary N) is 2. The Labute approximate surface area is 219 Å². The monoisotopic (exact) mass is 519 g/mol. The Morgan fingerprint density at radius 3 is 2.43 bits per heavy atom. The van der Waals surface area contributed by atoms with E-state index in [1.807, 2.05) is 18.2 Å². The molecule has 0 unspecified atom stereocenters. The van der Waals surface area contributed by atoms with E-state index in [1.165, 1.54) is 23.5 Å². The summed E-state index contributed by atoms with van der Waals surface area (Å²) in [5.74, 6) is -1.58. The molecule has 2 aromatic carbocycles. The minimum Gasteiger partial charge on any atom is -0.478 e. The van der Waals surface area contributed by atoms with E-state index in [0.29, 0.717) is 21.8 Å². The number of fused-ring (bicyclic) bond motifs is 1. The molecule has 1 aromatic heterocycles. The molecule has 0 saturated carbocycles. The fraction of sp³-hybridized carbons (Fsp3) is 0.321. The van der Waals surface area contributed by atoms with Gasteiger partial charge in [-0.3, -0.25) is 14.5 Å². The average molecular weight is 520 g/mol. The van der Waals surface area contributed by atoms with Crippen LogP contribution in [0.5, 0.6) is 0 Å². The molecular weight excluding hydrogens is 490 g/mol. The second kappa shape index (κ2) is 11.2. The number of carbonyl (C=O) groups is 3. The molecule has 0 spiro atoms. The van der Waals surface area contributed by atoms with Crippen LogP contribution in [0.25, 0.3) is 0 Å². The number of hydrogen-bond acceptors (Lipinski definition) is 6. The van der Waals surface area contributed by atoms with Gasteiger partial charge in [0, 0.05) is 35.8 Å². The molecule has 37 heavy (non-hydrogen) atoms. The first-order valence-electron chi connectivity index (χ1n) is 12.5. The number of nitrogens with zero attached hydrogens (tertiary/aromatic N) is 1. The minimum atomic E-state index is -1.02. The van der Waals surface area contributed by atoms with Crippen molar-refractivity contribution >= 4 is 39.8 Å². The van der Waals surface area contributed by atoms with E-state index in [9.17, 15) is 14.4 Å². The molecule has 2 aliphatic rings. The van der Waals surface area contributed by atoms with Crippen LogP contribution in [-0.4, -0.2) is 54.1 Å². The first kappa shape index (κ1) is 25.1. The van der Waals surface area contributed by atoms with Gasteiger partial charge in [0.2, 0.25) is 0 Å². The molecule has 5 rings (SSSR count). The van der Waals surface area contributed by atoms with Gasteiger partial charge < -0.3 is 20.5 Å². The predicted octanol–water partition coefficient (Wildman–Crippen LogP) is 4.66. The third-order valence-electron chi connectivity index (χ3n) is 6.71. The molecule has 1 fully saturated rings. The van der Waals surface area contributed by atoms with E-state index in [2.05, 4.69) is 15.5 Å². The Kier molecular flexibility index (Phi) is 7.64. The second-order valence-electron chi connectivity index (χ2n) is 9.29. The molecule has 2 heterocycles. The summed E-state index contributed by atoms with van der Waals surface area (Å²) in [5.41, 5.74) is 3.75. The Hall–Kier alpha value is -3.53. The number of rotatable bonds is 7. The highest BCUT2D eigenvalue weighted by atomic mass is 32.1. The van der Waals surface area contributed by atoms with E-state index >= 15 is 0 Å². The molecule has 0 radical (unpaired) electrons. The van der Waals surface area contributed by atoms with E-state index in [-0.39, 0.29) is 17.4 Å². The number of carboxylic acid groups (broad SMARTS) is 1. The highest BCUT2D eigenvalue weighted by Gasteiger charge is 2.27. The Bertz CT molecular complexity index is 1310. The second-order valence-corrected chi connectivity index (χ2v) is 10.4. The van der Waals surface area contributed by atoms with Crippen molar-refractivity contribution < 1.29 is 24.2 Å². The number of anilines is 2. The number of morpholine rings is 1. The van der Waals surface area contributed by atoms with Gasteiger partial charge in [0.15, 0.2) is 0 Å². The van der Waals surface area contributed by atoms with Crippen molar-refractivity contribution in [2.45, 2.75) is 32.2 Å². The maximum absolute atomic E-state index is 13.4. The number of benzene rings is 2. The Morgan fingerprint density at radius 2 is 1.68 bits per heavy atom. The predicted molar refractivity (Wildman–Crippen MR) is 143 cm³/mol. The number of aryl methyl sites for hydroxylation is 1. The first-order valence-corrected chi connectivity index (χ1v) is 13.3. The summed E-state index contributed by atoms with van der Waals surface area (Å²) < 4.78 is 5.42. The van der Waals surface area contributed by atoms with Crippen LogP contribution in [-0.2, 0) is 24.1 Å². The Morgan fingerprint density at radius 1 is 0.919 bits per heavy atom. The van der Waals surface area contributed by atoms with E-state index in [1.54, 1.807) is 18.2 Å². The van der Waals surface area contributed by atoms with Crippen LogP contribution in [0, 0.1) is 0 Å². The van der Waals surface area contributed by atoms with E-state index < -0.39 is 5.97 Å². The zero-order valence-corrected chi connectivity index (χ0v) is 21.2. The highest BCUT2D eigenvalue weighted by molar-refractivity contribution is 7.17. The summed E-state index contributed by atoms with van der Waals surface area (Å²) in [4.78, 5) is 41.2. The van der Waals surface area contributed by atoms with Crippen molar-refractivity contribution in [3.05, 3.63) is 81.2 Å². The van der Waals surface area contributed by atoms with Gasteiger partial charge in [-0.15, -0.1) is 11.3 Å². The van der Waals surface area contributed by atoms with Crippen molar-refractivity contribution in [2.24, 2.45) is 0 Å². The summed E-state index contributed by atoms with van der Waals surface area (Å²) in [7, 11) is 0. The summed E-state index contributed by atoms with van der Waals surface area (Å²) in [6, 6.07) is 13.6. The minimum absolute atomic E-state index is 0.148. The quantitative estimate of drug-likeness (QED) is 0.419. The maximum Gasteiger partial charge on any atom is 0.335 e. The molecule has 8 nitrogen and oxygen atoms in total. The smallest absolute Gasteiger partial charge is 0.335 e. The zero-order valence-electron chi connectivity index (χ0n) is 20.4. The van der Waals surface area contributed by atoms with Crippen molar-refractivity contribution in [3.63, 3.8) is 0 Å². The topological polar surface area (TPSA) is 108 Å². The van der Waals surface area contributed by atoms with Crippen molar-refractivity contribution in [3.8, 4) is 0 Å². The van der Waals surface area contributed by atoms with Gasteiger partial charge in [-0.05, 0) is 73.2 Å². The molecule has 1 saturated heterocycles. The van der Waals surface area contributed by atoms with E-state index in [0.717, 1.165) is 74.5 Å². The lowest BCUT2D eigenvalue weighted by Crippen LogP contribution is -2.35. The average Bonchev–Trinajstić information content (AvgIpc) is 3.27. The van der Waals surface area contributed by atoms with Crippen LogP contribution in [0.3, 0.4) is 0 Å². The number of hydrogen-bond donors (Lipinski definition) is 3. The molecule has 1 aliphatic heterocycles. The lowest BCUT2D eigenvalue weighted by molar-refractivity contribution is 0.0342. The molecule has 3 aromatic rings. The first-order chi connectivity index (χ1) is 18.0. The summed E-state index contributed by atoms with van der Waals surface area (Å²) in [5, 5.41) is 15.6. The van der Waals surface area contributed by atoms with Crippen LogP contribution < -0.4 is 10.6 Å². The van der Waals surface area contributed by atoms with Gasteiger partial charge in [-0.1, -0.05) is 12.1 Å². The number of carboxylic acids is 1. The third kappa shape index (κ3) is 5.90. The van der Waals surface area contributed by atoms with Crippen molar-refractivity contribution in [2.75, 3.05) is 36.9 Å². The molecular formula is C28H29N3O5S. The molecule has 3 N–H and O–H groups in total. The summed E-state index contributed by atoms with van der Waals surface area (Å²) >= 11 is 1.47. The van der Waals surface area contributed by atoms with Gasteiger partial charge in [-0.2, -0.15) is 0 Å². The van der Waals surface area contributed by atoms with Gasteiger partial charge in [-0.25, -0.2) is 4.79 Å². The molecule has 0 bridgehead atoms. The number of thiophene rings is 1. The molecule has 0 atom stereocenters. The van der Waals surface area contributed by atoms with Gasteiger partial charge in [0.25, 0.3) is 11.8 Å². The van der Waals surface area contributed by atoms with Crippen LogP contribution in [0.15, 0.2) is 48.5 Å². The van der Waals surface area contributed by atoms with Gasteiger partial charge >= 0.3 is 5.97 Å². The number of carbonyl (C=O) groups excluding carboxylic acids is 2. The Balaban J connectivity index is 1.35. The largest absolute Gasteiger partial charge is 0.478 e. The lowest BCUT2D eigenvalue weighted by atomic mass is 9.95. The van der Waals surface area contributed by atoms with Crippen LogP contribution in [0.1, 0.15) is 59.9 Å². The third-order valence-corrected chi connectivity index (χ3v) is 7.92. The van der Waals surface area contributed by atoms with Gasteiger partial charge in [0.05, 0.1) is 24.3 Å². The van der Waals surface area contributed by atoms with Crippen LogP contribution in [0.2, 0.25) is 0 Å². The molecule has 2 amide bonds. The number of aromatic carboxylic acids is 1. The van der Waals surface area contributed by atoms with Crippen molar-refractivity contribution in [1.82, 2.24) is 4.90 Å². The fourth-order valence-corrected chi connectivity index (χ4v) is 6.07. The summed E-state index contributed by atoms with van der Waals surface area (Å²) in [6.45, 7) is 3.94. The van der Waals surface area contributed by atoms with E-state index in [4.69, 9.17) is 9.84 Å². The van der Waals surface area contributed by atoms with Crippen LogP contribution >= 0.6 is 11.3 Å². The fourth-order valence-electron chi connectivity index (χ4n) is 4.79. The summed E-state index contributed by atoms with van der Waals surface area (Å²) in [6.07, 6.45) is 3.73. The molecule has 1 aliphatic carbocycles. The normalized spacial score (nSPS) is 15.6. The molecule has 192 valence electrons.